The van der Waals surface area contributed by atoms with Gasteiger partial charge in [0, 0.05) is 30.9 Å². The Balaban J connectivity index is 1.96. The Kier molecular flexibility index (Phi) is 5.27. The highest BCUT2D eigenvalue weighted by Crippen LogP contribution is 2.27. The van der Waals surface area contributed by atoms with E-state index in [1.807, 2.05) is 45.0 Å². The third-order valence-corrected chi connectivity index (χ3v) is 4.80. The third kappa shape index (κ3) is 3.93. The Bertz CT molecular complexity index is 1090. The van der Waals surface area contributed by atoms with E-state index in [9.17, 15) is 9.59 Å². The average molecular weight is 383 g/mol. The number of fused-ring (bicyclic) bond motifs is 3. The van der Waals surface area contributed by atoms with Crippen LogP contribution in [0.25, 0.3) is 21.7 Å². The highest BCUT2D eigenvalue weighted by atomic mass is 16.5. The van der Waals surface area contributed by atoms with E-state index in [-0.39, 0.29) is 12.2 Å². The quantitative estimate of drug-likeness (QED) is 0.635. The first-order valence-electron chi connectivity index (χ1n) is 9.20. The molecule has 1 unspecified atom stereocenters. The smallest absolute Gasteiger partial charge is 0.405 e. The van der Waals surface area contributed by atoms with Crippen molar-refractivity contribution in [2.75, 3.05) is 6.61 Å². The number of ether oxygens (including phenoxy) is 1. The van der Waals surface area contributed by atoms with Crippen LogP contribution in [0.5, 0.6) is 5.75 Å². The molecular weight excluding hydrogens is 358 g/mol. The minimum absolute atomic E-state index is 0.120. The van der Waals surface area contributed by atoms with Gasteiger partial charge >= 0.3 is 6.09 Å². The van der Waals surface area contributed by atoms with E-state index in [0.717, 1.165) is 16.3 Å². The van der Waals surface area contributed by atoms with Crippen LogP contribution in [0.2, 0.25) is 0 Å². The number of aryl methyl sites for hydroxylation is 1. The number of carbonyl (C=O) groups is 1. The molecule has 7 nitrogen and oxygen atoms in total. The summed E-state index contributed by atoms with van der Waals surface area (Å²) < 4.78 is 7.51. The molecule has 1 atom stereocenters. The number of nitrogens with one attached hydrogen (secondary N) is 1. The first kappa shape index (κ1) is 19.7. The maximum atomic E-state index is 12.6. The van der Waals surface area contributed by atoms with Gasteiger partial charge in [-0.2, -0.15) is 0 Å². The zero-order valence-electron chi connectivity index (χ0n) is 16.5. The monoisotopic (exact) mass is 383 g/mol. The molecule has 0 spiro atoms. The highest BCUT2D eigenvalue weighted by molar-refractivity contribution is 6.05. The predicted molar refractivity (Wildman–Crippen MR) is 109 cm³/mol. The van der Waals surface area contributed by atoms with Gasteiger partial charge in [0.1, 0.15) is 12.4 Å². The Labute approximate surface area is 163 Å². The van der Waals surface area contributed by atoms with Crippen LogP contribution in [0, 0.1) is 5.92 Å². The third-order valence-electron chi connectivity index (χ3n) is 4.80. The molecule has 1 amide bonds. The summed E-state index contributed by atoms with van der Waals surface area (Å²) in [6.07, 6.45) is 2.81. The fourth-order valence-corrected chi connectivity index (χ4v) is 3.74. The van der Waals surface area contributed by atoms with Gasteiger partial charge in [0.25, 0.3) is 5.56 Å². The van der Waals surface area contributed by atoms with Crippen LogP contribution in [-0.4, -0.2) is 32.9 Å². The lowest BCUT2D eigenvalue weighted by Gasteiger charge is -2.31. The number of hydrogen-bond acceptors (Lipinski definition) is 4. The molecule has 0 aliphatic carbocycles. The number of hydrogen-bond donors (Lipinski definition) is 2. The molecule has 0 fully saturated rings. The van der Waals surface area contributed by atoms with Crippen molar-refractivity contribution in [1.29, 1.82) is 0 Å². The number of nitrogens with zero attached hydrogens (tertiary/aromatic N) is 2. The first-order chi connectivity index (χ1) is 13.2. The first-order valence-corrected chi connectivity index (χ1v) is 9.20. The molecular formula is C21H25N3O4. The van der Waals surface area contributed by atoms with Crippen molar-refractivity contribution in [3.8, 4) is 5.75 Å². The minimum atomic E-state index is -1.08. The van der Waals surface area contributed by atoms with Crippen molar-refractivity contribution in [2.24, 2.45) is 13.0 Å². The summed E-state index contributed by atoms with van der Waals surface area (Å²) in [7, 11) is 1.72. The Morgan fingerprint density at radius 3 is 2.71 bits per heavy atom. The number of pyridine rings is 2. The zero-order valence-corrected chi connectivity index (χ0v) is 16.5. The fourth-order valence-electron chi connectivity index (χ4n) is 3.74. The SMILES string of the molecule is CC(C)CC(C)(COc1ccc2c3ccncc3c(=O)n(C)c2c1)NC(=O)O. The van der Waals surface area contributed by atoms with Crippen molar-refractivity contribution in [3.63, 3.8) is 0 Å². The second-order valence-corrected chi connectivity index (χ2v) is 7.84. The second-order valence-electron chi connectivity index (χ2n) is 7.84. The molecule has 3 rings (SSSR count). The predicted octanol–water partition coefficient (Wildman–Crippen LogP) is 3.54. The van der Waals surface area contributed by atoms with Gasteiger partial charge in [-0.25, -0.2) is 4.79 Å². The number of rotatable bonds is 6. The molecule has 2 heterocycles. The summed E-state index contributed by atoms with van der Waals surface area (Å²) >= 11 is 0. The lowest BCUT2D eigenvalue weighted by atomic mass is 9.91. The molecule has 0 aliphatic rings. The number of benzene rings is 1. The Morgan fingerprint density at radius 1 is 1.29 bits per heavy atom. The summed E-state index contributed by atoms with van der Waals surface area (Å²) in [5.74, 6) is 0.885. The molecule has 0 aliphatic heterocycles. The van der Waals surface area contributed by atoms with Gasteiger partial charge in [-0.15, -0.1) is 0 Å². The number of carboxylic acid groups (broad SMARTS) is 1. The number of amides is 1. The van der Waals surface area contributed by atoms with Crippen LogP contribution in [0.1, 0.15) is 27.2 Å². The van der Waals surface area contributed by atoms with Gasteiger partial charge in [0.05, 0.1) is 16.4 Å². The van der Waals surface area contributed by atoms with Crippen molar-refractivity contribution < 1.29 is 14.6 Å². The Hall–Kier alpha value is -3.09. The summed E-state index contributed by atoms with van der Waals surface area (Å²) in [6, 6.07) is 7.39. The lowest BCUT2D eigenvalue weighted by molar-refractivity contribution is 0.143. The van der Waals surface area contributed by atoms with Crippen LogP contribution in [0.3, 0.4) is 0 Å². The summed E-state index contributed by atoms with van der Waals surface area (Å²) in [4.78, 5) is 27.8. The van der Waals surface area contributed by atoms with Crippen LogP contribution >= 0.6 is 0 Å². The molecule has 28 heavy (non-hydrogen) atoms. The van der Waals surface area contributed by atoms with Gasteiger partial charge in [-0.05, 0) is 42.8 Å². The van der Waals surface area contributed by atoms with Crippen molar-refractivity contribution in [2.45, 2.75) is 32.7 Å². The van der Waals surface area contributed by atoms with E-state index >= 15 is 0 Å². The molecule has 0 radical (unpaired) electrons. The molecule has 2 N–H and O–H groups in total. The molecule has 0 saturated carbocycles. The average Bonchev–Trinajstić information content (AvgIpc) is 2.63. The minimum Gasteiger partial charge on any atom is -0.491 e. The normalized spacial score (nSPS) is 13.6. The van der Waals surface area contributed by atoms with Crippen molar-refractivity contribution >= 4 is 27.8 Å². The molecule has 3 aromatic rings. The zero-order chi connectivity index (χ0) is 20.5. The van der Waals surface area contributed by atoms with Crippen LogP contribution in [-0.2, 0) is 7.05 Å². The van der Waals surface area contributed by atoms with Gasteiger partial charge in [-0.3, -0.25) is 9.78 Å². The van der Waals surface area contributed by atoms with Crippen LogP contribution < -0.4 is 15.6 Å². The van der Waals surface area contributed by atoms with E-state index in [2.05, 4.69) is 10.3 Å². The maximum absolute atomic E-state index is 12.6. The summed E-state index contributed by atoms with van der Waals surface area (Å²) in [5.41, 5.74) is -0.0847. The topological polar surface area (TPSA) is 93.5 Å². The van der Waals surface area contributed by atoms with E-state index in [0.29, 0.717) is 23.5 Å². The maximum Gasteiger partial charge on any atom is 0.405 e. The summed E-state index contributed by atoms with van der Waals surface area (Å²) in [6.45, 7) is 6.09. The largest absolute Gasteiger partial charge is 0.491 e. The van der Waals surface area contributed by atoms with E-state index in [4.69, 9.17) is 9.84 Å². The van der Waals surface area contributed by atoms with Gasteiger partial charge in [0.15, 0.2) is 0 Å². The number of aromatic nitrogens is 2. The molecule has 148 valence electrons. The van der Waals surface area contributed by atoms with Gasteiger partial charge in [-0.1, -0.05) is 13.8 Å². The van der Waals surface area contributed by atoms with Crippen molar-refractivity contribution in [1.82, 2.24) is 14.9 Å². The molecule has 0 saturated heterocycles. The lowest BCUT2D eigenvalue weighted by Crippen LogP contribution is -2.50. The van der Waals surface area contributed by atoms with E-state index in [1.165, 1.54) is 0 Å². The van der Waals surface area contributed by atoms with E-state index in [1.54, 1.807) is 24.0 Å². The Morgan fingerprint density at radius 2 is 2.04 bits per heavy atom. The van der Waals surface area contributed by atoms with Gasteiger partial charge in [0.2, 0.25) is 0 Å². The van der Waals surface area contributed by atoms with Crippen LogP contribution in [0.4, 0.5) is 4.79 Å². The molecule has 2 aromatic heterocycles. The van der Waals surface area contributed by atoms with Gasteiger partial charge < -0.3 is 19.7 Å². The highest BCUT2D eigenvalue weighted by Gasteiger charge is 2.28. The molecule has 0 bridgehead atoms. The van der Waals surface area contributed by atoms with Crippen LogP contribution in [0.15, 0.2) is 41.5 Å². The standard InChI is InChI=1S/C21H25N3O4/c1-13(2)10-21(3,23-20(26)27)12-28-14-5-6-16-15-7-8-22-11-17(15)19(25)24(4)18(16)9-14/h5-9,11,13,23H,10,12H2,1-4H3,(H,26,27). The molecule has 7 heteroatoms. The van der Waals surface area contributed by atoms with Crippen molar-refractivity contribution in [3.05, 3.63) is 47.0 Å². The fraction of sp³-hybridized carbons (Fsp3) is 0.381. The summed E-state index contributed by atoms with van der Waals surface area (Å²) in [5, 5.41) is 14.1. The molecule has 1 aromatic carbocycles. The second kappa shape index (κ2) is 7.50. The van der Waals surface area contributed by atoms with E-state index < -0.39 is 11.6 Å².